The minimum Gasteiger partial charge on any atom is -0.479 e. The Kier molecular flexibility index (Phi) is 10.3. The largest absolute Gasteiger partial charge is 0.479 e. The van der Waals surface area contributed by atoms with Crippen molar-refractivity contribution in [3.63, 3.8) is 0 Å². The number of nitrogens with zero attached hydrogens (tertiary/aromatic N) is 1. The van der Waals surface area contributed by atoms with E-state index in [9.17, 15) is 9.59 Å². The average molecular weight is 585 g/mol. The van der Waals surface area contributed by atoms with Gasteiger partial charge in [-0.05, 0) is 67.8 Å². The van der Waals surface area contributed by atoms with Gasteiger partial charge in [0, 0.05) is 15.6 Å². The lowest BCUT2D eigenvalue weighted by Crippen LogP contribution is -2.49. The summed E-state index contributed by atoms with van der Waals surface area (Å²) >= 11 is 24.2. The predicted molar refractivity (Wildman–Crippen MR) is 148 cm³/mol. The zero-order chi connectivity index (χ0) is 27.1. The van der Waals surface area contributed by atoms with E-state index in [-0.39, 0.29) is 10.9 Å². The molecule has 2 amide bonds. The summed E-state index contributed by atoms with van der Waals surface area (Å²) in [4.78, 5) is 25.5. The van der Waals surface area contributed by atoms with Gasteiger partial charge in [0.2, 0.25) is 0 Å². The van der Waals surface area contributed by atoms with E-state index in [0.717, 1.165) is 0 Å². The number of rotatable bonds is 10. The van der Waals surface area contributed by atoms with Crippen molar-refractivity contribution in [3.05, 3.63) is 74.4 Å². The fraction of sp³-hybridized carbons (Fsp3) is 0.269. The van der Waals surface area contributed by atoms with Gasteiger partial charge in [-0.25, -0.2) is 5.43 Å². The number of halogens is 4. The van der Waals surface area contributed by atoms with E-state index in [1.807, 2.05) is 13.8 Å². The molecule has 11 heteroatoms. The van der Waals surface area contributed by atoms with Gasteiger partial charge in [0.25, 0.3) is 11.8 Å². The molecule has 0 aliphatic rings. The number of nitrogens with one attached hydrogen (secondary N) is 2. The first-order chi connectivity index (χ1) is 17.5. The lowest BCUT2D eigenvalue weighted by molar-refractivity contribution is -0.132. The highest BCUT2D eigenvalue weighted by Gasteiger charge is 2.25. The molecule has 0 saturated carbocycles. The van der Waals surface area contributed by atoms with E-state index in [1.54, 1.807) is 49.4 Å². The molecule has 2 aromatic carbocycles. The number of hydrogen-bond donors (Lipinski definition) is 2. The average Bonchev–Trinajstić information content (AvgIpc) is 3.28. The van der Waals surface area contributed by atoms with Crippen molar-refractivity contribution >= 4 is 64.4 Å². The molecule has 0 bridgehead atoms. The quantitative estimate of drug-likeness (QED) is 0.198. The van der Waals surface area contributed by atoms with Crippen LogP contribution in [0.5, 0.6) is 5.75 Å². The Morgan fingerprint density at radius 2 is 1.62 bits per heavy atom. The standard InChI is InChI=1S/C26H25Cl4N3O4/c1-14(2)10-22(32-25(34)15(3)36-24-8-5-17(28)12-21(24)30)26(35)33-31-13-18-6-9-23(37-18)19-7-4-16(27)11-20(19)29/h4-9,11-15,22H,10H2,1-3H3,(H,32,34)(H,33,35)/b31-13-/t15-,22-/m1/s1. The molecule has 0 aliphatic carbocycles. The minimum atomic E-state index is -0.911. The topological polar surface area (TPSA) is 92.9 Å². The Bertz CT molecular complexity index is 1290. The lowest BCUT2D eigenvalue weighted by atomic mass is 10.0. The Hall–Kier alpha value is -2.71. The number of furan rings is 1. The zero-order valence-corrected chi connectivity index (χ0v) is 23.3. The molecule has 0 saturated heterocycles. The molecule has 196 valence electrons. The summed E-state index contributed by atoms with van der Waals surface area (Å²) in [5.74, 6) is 0.385. The molecular weight excluding hydrogens is 560 g/mol. The molecule has 2 atom stereocenters. The Labute approximate surface area is 235 Å². The van der Waals surface area contributed by atoms with Gasteiger partial charge in [0.15, 0.2) is 6.10 Å². The monoisotopic (exact) mass is 583 g/mol. The summed E-state index contributed by atoms with van der Waals surface area (Å²) in [6.45, 7) is 5.44. The first kappa shape index (κ1) is 28.9. The third-order valence-corrected chi connectivity index (χ3v) is 6.18. The van der Waals surface area contributed by atoms with Gasteiger partial charge in [-0.3, -0.25) is 9.59 Å². The van der Waals surface area contributed by atoms with Crippen LogP contribution in [0.1, 0.15) is 33.0 Å². The highest BCUT2D eigenvalue weighted by molar-refractivity contribution is 6.36. The molecule has 1 aromatic heterocycles. The highest BCUT2D eigenvalue weighted by Crippen LogP contribution is 2.31. The van der Waals surface area contributed by atoms with Crippen LogP contribution in [0.2, 0.25) is 20.1 Å². The summed E-state index contributed by atoms with van der Waals surface area (Å²) in [6, 6.07) is 12.3. The van der Waals surface area contributed by atoms with Gasteiger partial charge in [0.1, 0.15) is 23.3 Å². The van der Waals surface area contributed by atoms with Crippen LogP contribution < -0.4 is 15.5 Å². The fourth-order valence-corrected chi connectivity index (χ4v) is 4.26. The Balaban J connectivity index is 1.61. The SMILES string of the molecule is CC(C)C[C@@H](NC(=O)[C@@H](C)Oc1ccc(Cl)cc1Cl)C(=O)N/N=C\c1ccc(-c2ccc(Cl)cc2Cl)o1. The van der Waals surface area contributed by atoms with E-state index in [2.05, 4.69) is 15.8 Å². The Morgan fingerprint density at radius 1 is 0.946 bits per heavy atom. The molecule has 0 unspecified atom stereocenters. The summed E-state index contributed by atoms with van der Waals surface area (Å²) in [6.07, 6.45) is 0.834. The van der Waals surface area contributed by atoms with Crippen molar-refractivity contribution in [2.45, 2.75) is 39.3 Å². The van der Waals surface area contributed by atoms with Crippen LogP contribution in [-0.4, -0.2) is 30.2 Å². The molecular formula is C26H25Cl4N3O4. The van der Waals surface area contributed by atoms with E-state index in [4.69, 9.17) is 55.6 Å². The van der Waals surface area contributed by atoms with Crippen LogP contribution in [0.3, 0.4) is 0 Å². The summed E-state index contributed by atoms with van der Waals surface area (Å²) in [5.41, 5.74) is 3.12. The molecule has 37 heavy (non-hydrogen) atoms. The number of carbonyl (C=O) groups excluding carboxylic acids is 2. The van der Waals surface area contributed by atoms with E-state index in [1.165, 1.54) is 12.3 Å². The fourth-order valence-electron chi connectivity index (χ4n) is 3.30. The van der Waals surface area contributed by atoms with E-state index in [0.29, 0.717) is 44.3 Å². The van der Waals surface area contributed by atoms with Crippen LogP contribution >= 0.6 is 46.4 Å². The summed E-state index contributed by atoms with van der Waals surface area (Å²) in [5, 5.41) is 8.37. The van der Waals surface area contributed by atoms with E-state index >= 15 is 0 Å². The van der Waals surface area contributed by atoms with Crippen molar-refractivity contribution in [1.82, 2.24) is 10.7 Å². The van der Waals surface area contributed by atoms with Crippen LogP contribution in [0.4, 0.5) is 0 Å². The van der Waals surface area contributed by atoms with Crippen molar-refractivity contribution in [2.24, 2.45) is 11.0 Å². The first-order valence-electron chi connectivity index (χ1n) is 11.3. The second kappa shape index (κ2) is 13.2. The first-order valence-corrected chi connectivity index (χ1v) is 12.8. The van der Waals surface area contributed by atoms with Crippen molar-refractivity contribution < 1.29 is 18.7 Å². The molecule has 0 aliphatic heterocycles. The molecule has 3 aromatic rings. The second-order valence-electron chi connectivity index (χ2n) is 8.59. The van der Waals surface area contributed by atoms with Gasteiger partial charge in [-0.2, -0.15) is 5.10 Å². The second-order valence-corrected chi connectivity index (χ2v) is 10.3. The predicted octanol–water partition coefficient (Wildman–Crippen LogP) is 7.01. The number of hydrogen-bond acceptors (Lipinski definition) is 5. The maximum Gasteiger partial charge on any atom is 0.262 e. The number of carbonyl (C=O) groups is 2. The lowest BCUT2D eigenvalue weighted by Gasteiger charge is -2.22. The Morgan fingerprint density at radius 3 is 2.27 bits per heavy atom. The van der Waals surface area contributed by atoms with Gasteiger partial charge >= 0.3 is 0 Å². The molecule has 2 N–H and O–H groups in total. The normalized spacial score (nSPS) is 13.0. The minimum absolute atomic E-state index is 0.124. The summed E-state index contributed by atoms with van der Waals surface area (Å²) < 4.78 is 11.4. The number of benzene rings is 2. The molecule has 0 fully saturated rings. The number of amides is 2. The van der Waals surface area contributed by atoms with Gasteiger partial charge in [-0.15, -0.1) is 0 Å². The van der Waals surface area contributed by atoms with Gasteiger partial charge in [0.05, 0.1) is 16.3 Å². The number of ether oxygens (including phenoxy) is 1. The number of hydrazone groups is 1. The van der Waals surface area contributed by atoms with Crippen LogP contribution in [0, 0.1) is 5.92 Å². The maximum absolute atomic E-state index is 12.8. The smallest absolute Gasteiger partial charge is 0.262 e. The molecule has 0 spiro atoms. The molecule has 7 nitrogen and oxygen atoms in total. The van der Waals surface area contributed by atoms with Crippen LogP contribution in [-0.2, 0) is 9.59 Å². The molecule has 3 rings (SSSR count). The van der Waals surface area contributed by atoms with Gasteiger partial charge in [-0.1, -0.05) is 60.3 Å². The van der Waals surface area contributed by atoms with Crippen molar-refractivity contribution in [1.29, 1.82) is 0 Å². The van der Waals surface area contributed by atoms with Crippen LogP contribution in [0.15, 0.2) is 58.0 Å². The maximum atomic E-state index is 12.8. The van der Waals surface area contributed by atoms with Crippen molar-refractivity contribution in [2.75, 3.05) is 0 Å². The molecule has 0 radical (unpaired) electrons. The third-order valence-electron chi connectivity index (χ3n) is 5.10. The van der Waals surface area contributed by atoms with Crippen molar-refractivity contribution in [3.8, 4) is 17.1 Å². The highest BCUT2D eigenvalue weighted by atomic mass is 35.5. The zero-order valence-electron chi connectivity index (χ0n) is 20.2. The van der Waals surface area contributed by atoms with E-state index < -0.39 is 24.0 Å². The van der Waals surface area contributed by atoms with Crippen LogP contribution in [0.25, 0.3) is 11.3 Å². The molecule has 1 heterocycles. The van der Waals surface area contributed by atoms with Gasteiger partial charge < -0.3 is 14.5 Å². The summed E-state index contributed by atoms with van der Waals surface area (Å²) in [7, 11) is 0. The third kappa shape index (κ3) is 8.40.